The number of rotatable bonds is 5. The molecular weight excluding hydrogens is 338 g/mol. The SMILES string of the molecule is CCn1cc(CC(=O)Nc2ccc(C)c(-c3ncco3)c2)c2ccccc21. The minimum absolute atomic E-state index is 0.0452. The van der Waals surface area contributed by atoms with Crippen molar-refractivity contribution < 1.29 is 9.21 Å². The largest absolute Gasteiger partial charge is 0.445 e. The number of para-hydroxylation sites is 1. The molecule has 0 aliphatic heterocycles. The average Bonchev–Trinajstić information content (AvgIpc) is 3.32. The van der Waals surface area contributed by atoms with Gasteiger partial charge in [0.1, 0.15) is 6.26 Å². The number of fused-ring (bicyclic) bond motifs is 1. The highest BCUT2D eigenvalue weighted by Crippen LogP contribution is 2.26. The smallest absolute Gasteiger partial charge is 0.228 e. The summed E-state index contributed by atoms with van der Waals surface area (Å²) in [5.41, 5.74) is 4.84. The number of hydrogen-bond acceptors (Lipinski definition) is 3. The number of carbonyl (C=O) groups is 1. The Bertz CT molecular complexity index is 1090. The minimum Gasteiger partial charge on any atom is -0.445 e. The number of nitrogens with one attached hydrogen (secondary N) is 1. The Hall–Kier alpha value is -3.34. The van der Waals surface area contributed by atoms with Gasteiger partial charge in [0, 0.05) is 34.9 Å². The Kier molecular flexibility index (Phi) is 4.50. The number of oxazole rings is 1. The van der Waals surface area contributed by atoms with Crippen molar-refractivity contribution in [1.82, 2.24) is 9.55 Å². The lowest BCUT2D eigenvalue weighted by atomic mass is 10.1. The molecule has 5 nitrogen and oxygen atoms in total. The van der Waals surface area contributed by atoms with Gasteiger partial charge in [0.15, 0.2) is 0 Å². The molecule has 0 saturated carbocycles. The highest BCUT2D eigenvalue weighted by atomic mass is 16.3. The summed E-state index contributed by atoms with van der Waals surface area (Å²) < 4.78 is 7.56. The molecule has 0 fully saturated rings. The zero-order valence-electron chi connectivity index (χ0n) is 15.4. The van der Waals surface area contributed by atoms with Gasteiger partial charge < -0.3 is 14.3 Å². The number of nitrogens with zero attached hydrogens (tertiary/aromatic N) is 2. The normalized spacial score (nSPS) is 11.0. The number of hydrogen-bond donors (Lipinski definition) is 1. The van der Waals surface area contributed by atoms with E-state index in [2.05, 4.69) is 40.1 Å². The van der Waals surface area contributed by atoms with Crippen LogP contribution in [0.3, 0.4) is 0 Å². The van der Waals surface area contributed by atoms with E-state index in [4.69, 9.17) is 4.42 Å². The van der Waals surface area contributed by atoms with Crippen molar-refractivity contribution in [2.24, 2.45) is 0 Å². The first-order chi connectivity index (χ1) is 13.2. The number of amides is 1. The van der Waals surface area contributed by atoms with Gasteiger partial charge in [-0.15, -0.1) is 0 Å². The van der Waals surface area contributed by atoms with E-state index in [-0.39, 0.29) is 5.91 Å². The van der Waals surface area contributed by atoms with E-state index in [1.54, 1.807) is 12.5 Å². The van der Waals surface area contributed by atoms with E-state index in [9.17, 15) is 4.79 Å². The van der Waals surface area contributed by atoms with Gasteiger partial charge in [0.25, 0.3) is 0 Å². The molecule has 1 N–H and O–H groups in total. The number of anilines is 1. The molecule has 0 bridgehead atoms. The highest BCUT2D eigenvalue weighted by molar-refractivity contribution is 5.96. The Morgan fingerprint density at radius 3 is 2.85 bits per heavy atom. The van der Waals surface area contributed by atoms with Crippen LogP contribution in [0, 0.1) is 6.92 Å². The Labute approximate surface area is 157 Å². The summed E-state index contributed by atoms with van der Waals surface area (Å²) in [5.74, 6) is 0.505. The summed E-state index contributed by atoms with van der Waals surface area (Å²) in [7, 11) is 0. The Balaban J connectivity index is 1.56. The fourth-order valence-electron chi connectivity index (χ4n) is 3.39. The van der Waals surface area contributed by atoms with Gasteiger partial charge in [-0.3, -0.25) is 4.79 Å². The lowest BCUT2D eigenvalue weighted by Gasteiger charge is -2.08. The molecular formula is C22H21N3O2. The number of benzene rings is 2. The van der Waals surface area contributed by atoms with Crippen LogP contribution >= 0.6 is 0 Å². The third-order valence-electron chi connectivity index (χ3n) is 4.75. The molecule has 2 aromatic carbocycles. The van der Waals surface area contributed by atoms with Gasteiger partial charge in [-0.05, 0) is 43.2 Å². The summed E-state index contributed by atoms with van der Waals surface area (Å²) in [6, 6.07) is 13.9. The molecule has 4 rings (SSSR count). The van der Waals surface area contributed by atoms with Crippen molar-refractivity contribution in [3.63, 3.8) is 0 Å². The molecule has 136 valence electrons. The quantitative estimate of drug-likeness (QED) is 0.556. The molecule has 0 aliphatic carbocycles. The molecule has 2 heterocycles. The predicted molar refractivity (Wildman–Crippen MR) is 107 cm³/mol. The van der Waals surface area contributed by atoms with Crippen LogP contribution < -0.4 is 5.32 Å². The number of aryl methyl sites for hydroxylation is 2. The second-order valence-electron chi connectivity index (χ2n) is 6.55. The Morgan fingerprint density at radius 2 is 2.07 bits per heavy atom. The molecule has 4 aromatic rings. The van der Waals surface area contributed by atoms with Crippen molar-refractivity contribution >= 4 is 22.5 Å². The van der Waals surface area contributed by atoms with Crippen LogP contribution in [0.2, 0.25) is 0 Å². The highest BCUT2D eigenvalue weighted by Gasteiger charge is 2.13. The first kappa shape index (κ1) is 17.1. The standard InChI is InChI=1S/C22H21N3O2/c1-3-25-14-16(18-6-4-5-7-20(18)25)12-21(26)24-17-9-8-15(2)19(13-17)22-23-10-11-27-22/h4-11,13-14H,3,12H2,1-2H3,(H,24,26). The first-order valence-electron chi connectivity index (χ1n) is 9.03. The van der Waals surface area contributed by atoms with Gasteiger partial charge in [-0.2, -0.15) is 0 Å². The van der Waals surface area contributed by atoms with Gasteiger partial charge in [-0.1, -0.05) is 24.3 Å². The molecule has 0 saturated heterocycles. The van der Waals surface area contributed by atoms with Crippen LogP contribution in [0.1, 0.15) is 18.1 Å². The van der Waals surface area contributed by atoms with Gasteiger partial charge in [0.05, 0.1) is 12.6 Å². The number of carbonyl (C=O) groups excluding carboxylic acids is 1. The van der Waals surface area contributed by atoms with Crippen molar-refractivity contribution in [3.8, 4) is 11.5 Å². The van der Waals surface area contributed by atoms with Crippen LogP contribution in [0.5, 0.6) is 0 Å². The maximum Gasteiger partial charge on any atom is 0.228 e. The van der Waals surface area contributed by atoms with Crippen LogP contribution in [0.25, 0.3) is 22.4 Å². The van der Waals surface area contributed by atoms with E-state index >= 15 is 0 Å². The van der Waals surface area contributed by atoms with Gasteiger partial charge in [-0.25, -0.2) is 4.98 Å². The van der Waals surface area contributed by atoms with Crippen LogP contribution in [0.15, 0.2) is 65.5 Å². The van der Waals surface area contributed by atoms with Crippen LogP contribution in [-0.2, 0) is 17.8 Å². The maximum absolute atomic E-state index is 12.6. The molecule has 27 heavy (non-hydrogen) atoms. The summed E-state index contributed by atoms with van der Waals surface area (Å²) >= 11 is 0. The predicted octanol–water partition coefficient (Wildman–Crippen LogP) is 4.81. The minimum atomic E-state index is -0.0452. The first-order valence-corrected chi connectivity index (χ1v) is 9.03. The van der Waals surface area contributed by atoms with E-state index in [0.717, 1.165) is 39.8 Å². The van der Waals surface area contributed by atoms with Crippen molar-refractivity contribution in [3.05, 3.63) is 72.2 Å². The lowest BCUT2D eigenvalue weighted by Crippen LogP contribution is -2.14. The zero-order chi connectivity index (χ0) is 18.8. The maximum atomic E-state index is 12.6. The van der Waals surface area contributed by atoms with Crippen LogP contribution in [0.4, 0.5) is 5.69 Å². The van der Waals surface area contributed by atoms with E-state index < -0.39 is 0 Å². The molecule has 1 amide bonds. The van der Waals surface area contributed by atoms with E-state index in [0.29, 0.717) is 12.3 Å². The molecule has 0 spiro atoms. The second kappa shape index (κ2) is 7.11. The average molecular weight is 359 g/mol. The fraction of sp³-hybridized carbons (Fsp3) is 0.182. The summed E-state index contributed by atoms with van der Waals surface area (Å²) in [6.07, 6.45) is 5.56. The van der Waals surface area contributed by atoms with Crippen molar-refractivity contribution in [2.45, 2.75) is 26.8 Å². The lowest BCUT2D eigenvalue weighted by molar-refractivity contribution is -0.115. The molecule has 0 atom stereocenters. The summed E-state index contributed by atoms with van der Waals surface area (Å²) in [6.45, 7) is 4.97. The molecule has 0 radical (unpaired) electrons. The molecule has 0 aliphatic rings. The summed E-state index contributed by atoms with van der Waals surface area (Å²) in [5, 5.41) is 4.12. The molecule has 0 unspecified atom stereocenters. The fourth-order valence-corrected chi connectivity index (χ4v) is 3.39. The molecule has 5 heteroatoms. The molecule has 2 aromatic heterocycles. The van der Waals surface area contributed by atoms with Crippen LogP contribution in [-0.4, -0.2) is 15.5 Å². The summed E-state index contributed by atoms with van der Waals surface area (Å²) in [4.78, 5) is 16.8. The van der Waals surface area contributed by atoms with Gasteiger partial charge >= 0.3 is 0 Å². The third kappa shape index (κ3) is 3.36. The third-order valence-corrected chi connectivity index (χ3v) is 4.75. The topological polar surface area (TPSA) is 60.1 Å². The Morgan fingerprint density at radius 1 is 1.22 bits per heavy atom. The number of aromatic nitrogens is 2. The van der Waals surface area contributed by atoms with Crippen molar-refractivity contribution in [1.29, 1.82) is 0 Å². The van der Waals surface area contributed by atoms with E-state index in [1.807, 2.05) is 37.3 Å². The van der Waals surface area contributed by atoms with Crippen molar-refractivity contribution in [2.75, 3.05) is 5.32 Å². The monoisotopic (exact) mass is 359 g/mol. The van der Waals surface area contributed by atoms with E-state index in [1.165, 1.54) is 0 Å². The zero-order valence-corrected chi connectivity index (χ0v) is 15.4. The second-order valence-corrected chi connectivity index (χ2v) is 6.55. The van der Waals surface area contributed by atoms with Gasteiger partial charge in [0.2, 0.25) is 11.8 Å².